The van der Waals surface area contributed by atoms with Crippen LogP contribution in [0.3, 0.4) is 0 Å². The van der Waals surface area contributed by atoms with Crippen molar-refractivity contribution in [1.29, 1.82) is 0 Å². The van der Waals surface area contributed by atoms with Crippen molar-refractivity contribution in [2.45, 2.75) is 26.2 Å². The molecule has 1 aliphatic heterocycles. The van der Waals surface area contributed by atoms with Gasteiger partial charge in [-0.2, -0.15) is 0 Å². The second kappa shape index (κ2) is 11.3. The van der Waals surface area contributed by atoms with Gasteiger partial charge in [-0.1, -0.05) is 48.9 Å². The van der Waals surface area contributed by atoms with Crippen LogP contribution in [0.2, 0.25) is 5.02 Å². The molecule has 1 aromatic heterocycles. The van der Waals surface area contributed by atoms with Gasteiger partial charge in [0.1, 0.15) is 5.75 Å². The summed E-state index contributed by atoms with van der Waals surface area (Å²) in [6.07, 6.45) is 0.853. The number of anilines is 1. The van der Waals surface area contributed by atoms with Gasteiger partial charge in [0, 0.05) is 31.2 Å². The summed E-state index contributed by atoms with van der Waals surface area (Å²) in [4.78, 5) is 22.1. The minimum absolute atomic E-state index is 0.0325. The molecule has 1 saturated heterocycles. The minimum Gasteiger partial charge on any atom is -0.484 e. The van der Waals surface area contributed by atoms with Crippen molar-refractivity contribution in [3.8, 4) is 5.75 Å². The zero-order chi connectivity index (χ0) is 23.2. The number of carbonyl (C=O) groups excluding carboxylic acids is 1. The number of hydrogen-bond acceptors (Lipinski definition) is 6. The number of benzene rings is 2. The normalized spacial score (nSPS) is 14.7. The number of amides is 1. The monoisotopic (exact) mass is 487 g/mol. The SMILES string of the molecule is CC(C)c1ccc(OCC(=O)N(CCCN2CCOCC2)c2nc3ccc(Cl)cc3s2)cc1. The molecule has 0 spiro atoms. The Morgan fingerprint density at radius 2 is 1.97 bits per heavy atom. The average molecular weight is 488 g/mol. The number of carbonyl (C=O) groups is 1. The van der Waals surface area contributed by atoms with Gasteiger partial charge in [0.25, 0.3) is 5.91 Å². The van der Waals surface area contributed by atoms with Crippen molar-refractivity contribution in [3.63, 3.8) is 0 Å². The first-order valence-corrected chi connectivity index (χ1v) is 12.6. The molecule has 1 amide bonds. The third kappa shape index (κ3) is 6.44. The van der Waals surface area contributed by atoms with E-state index in [-0.39, 0.29) is 12.5 Å². The molecule has 4 rings (SSSR count). The molecule has 8 heteroatoms. The maximum absolute atomic E-state index is 13.2. The maximum Gasteiger partial charge on any atom is 0.266 e. The summed E-state index contributed by atoms with van der Waals surface area (Å²) in [5.74, 6) is 1.04. The van der Waals surface area contributed by atoms with Gasteiger partial charge in [-0.3, -0.25) is 14.6 Å². The first-order valence-electron chi connectivity index (χ1n) is 11.4. The summed E-state index contributed by atoms with van der Waals surface area (Å²) in [5.41, 5.74) is 2.09. The number of halogens is 1. The highest BCUT2D eigenvalue weighted by Gasteiger charge is 2.21. The van der Waals surface area contributed by atoms with Gasteiger partial charge in [0.2, 0.25) is 0 Å². The summed E-state index contributed by atoms with van der Waals surface area (Å²) in [6.45, 7) is 9.18. The predicted molar refractivity (Wildman–Crippen MR) is 135 cm³/mol. The first-order chi connectivity index (χ1) is 16.0. The smallest absolute Gasteiger partial charge is 0.266 e. The van der Waals surface area contributed by atoms with Crippen molar-refractivity contribution in [3.05, 3.63) is 53.1 Å². The second-order valence-electron chi connectivity index (χ2n) is 8.47. The number of ether oxygens (including phenoxy) is 2. The molecule has 1 fully saturated rings. The van der Waals surface area contributed by atoms with E-state index in [0.29, 0.717) is 28.4 Å². The van der Waals surface area contributed by atoms with Gasteiger partial charge in [-0.15, -0.1) is 0 Å². The summed E-state index contributed by atoms with van der Waals surface area (Å²) in [7, 11) is 0. The standard InChI is InChI=1S/C25H30ClN3O3S/c1-18(2)19-4-7-21(8-5-19)32-17-24(30)29(11-3-10-28-12-14-31-15-13-28)25-27-22-9-6-20(26)16-23(22)33-25/h4-9,16,18H,3,10-15,17H2,1-2H3. The zero-order valence-electron chi connectivity index (χ0n) is 19.1. The lowest BCUT2D eigenvalue weighted by Gasteiger charge is -2.27. The highest BCUT2D eigenvalue weighted by Crippen LogP contribution is 2.31. The number of thiazole rings is 1. The number of aromatic nitrogens is 1. The number of hydrogen-bond donors (Lipinski definition) is 0. The molecule has 0 N–H and O–H groups in total. The first kappa shape index (κ1) is 24.0. The highest BCUT2D eigenvalue weighted by atomic mass is 35.5. The Morgan fingerprint density at radius 1 is 1.21 bits per heavy atom. The van der Waals surface area contributed by atoms with Gasteiger partial charge in [-0.05, 0) is 48.2 Å². The zero-order valence-corrected chi connectivity index (χ0v) is 20.7. The molecule has 0 atom stereocenters. The van der Waals surface area contributed by atoms with E-state index in [1.54, 1.807) is 4.90 Å². The lowest BCUT2D eigenvalue weighted by Crippen LogP contribution is -2.40. The fourth-order valence-electron chi connectivity index (χ4n) is 3.78. The Kier molecular flexibility index (Phi) is 8.20. The Morgan fingerprint density at radius 3 is 2.70 bits per heavy atom. The molecule has 176 valence electrons. The van der Waals surface area contributed by atoms with E-state index in [2.05, 4.69) is 18.7 Å². The molecule has 0 aliphatic carbocycles. The third-order valence-corrected chi connectivity index (χ3v) is 7.02. The number of rotatable bonds is 9. The quantitative estimate of drug-likeness (QED) is 0.415. The van der Waals surface area contributed by atoms with E-state index in [9.17, 15) is 4.79 Å². The molecule has 1 aliphatic rings. The number of morpholine rings is 1. The molecule has 33 heavy (non-hydrogen) atoms. The largest absolute Gasteiger partial charge is 0.484 e. The Balaban J connectivity index is 1.44. The lowest BCUT2D eigenvalue weighted by molar-refractivity contribution is -0.120. The number of nitrogens with zero attached hydrogens (tertiary/aromatic N) is 3. The molecule has 6 nitrogen and oxygen atoms in total. The lowest BCUT2D eigenvalue weighted by atomic mass is 10.0. The van der Waals surface area contributed by atoms with Crippen LogP contribution in [0.1, 0.15) is 31.7 Å². The molecule has 3 aromatic rings. The number of fused-ring (bicyclic) bond motifs is 1. The van der Waals surface area contributed by atoms with Crippen molar-refractivity contribution < 1.29 is 14.3 Å². The van der Waals surface area contributed by atoms with Crippen LogP contribution in [-0.4, -0.2) is 61.8 Å². The molecular formula is C25H30ClN3O3S. The van der Waals surface area contributed by atoms with E-state index in [0.717, 1.165) is 49.5 Å². The summed E-state index contributed by atoms with van der Waals surface area (Å²) in [6, 6.07) is 13.5. The molecule has 0 unspecified atom stereocenters. The van der Waals surface area contributed by atoms with E-state index in [1.165, 1.54) is 16.9 Å². The fraction of sp³-hybridized carbons (Fsp3) is 0.440. The molecule has 2 heterocycles. The summed E-state index contributed by atoms with van der Waals surface area (Å²) < 4.78 is 12.2. The molecule has 0 bridgehead atoms. The van der Waals surface area contributed by atoms with E-state index < -0.39 is 0 Å². The molecule has 0 radical (unpaired) electrons. The summed E-state index contributed by atoms with van der Waals surface area (Å²) >= 11 is 7.63. The van der Waals surface area contributed by atoms with Crippen LogP contribution >= 0.6 is 22.9 Å². The second-order valence-corrected chi connectivity index (χ2v) is 9.92. The molecular weight excluding hydrogens is 458 g/mol. The minimum atomic E-state index is -0.102. The Bertz CT molecular complexity index is 1060. The predicted octanol–water partition coefficient (Wildman–Crippen LogP) is 5.21. The molecule has 2 aromatic carbocycles. The van der Waals surface area contributed by atoms with Gasteiger partial charge in [-0.25, -0.2) is 4.98 Å². The van der Waals surface area contributed by atoms with E-state index in [4.69, 9.17) is 26.1 Å². The maximum atomic E-state index is 13.2. The van der Waals surface area contributed by atoms with Gasteiger partial charge >= 0.3 is 0 Å². The van der Waals surface area contributed by atoms with Crippen LogP contribution in [0.4, 0.5) is 5.13 Å². The molecule has 0 saturated carbocycles. The fourth-order valence-corrected chi connectivity index (χ4v) is 5.06. The van der Waals surface area contributed by atoms with Gasteiger partial charge in [0.05, 0.1) is 23.4 Å². The van der Waals surface area contributed by atoms with E-state index >= 15 is 0 Å². The van der Waals surface area contributed by atoms with Crippen LogP contribution in [0.25, 0.3) is 10.2 Å². The van der Waals surface area contributed by atoms with Crippen molar-refractivity contribution >= 4 is 44.2 Å². The van der Waals surface area contributed by atoms with Crippen molar-refractivity contribution in [1.82, 2.24) is 9.88 Å². The third-order valence-electron chi connectivity index (χ3n) is 5.74. The summed E-state index contributed by atoms with van der Waals surface area (Å²) in [5, 5.41) is 1.34. The average Bonchev–Trinajstić information content (AvgIpc) is 3.24. The highest BCUT2D eigenvalue weighted by molar-refractivity contribution is 7.22. The van der Waals surface area contributed by atoms with Crippen LogP contribution in [0.5, 0.6) is 5.75 Å². The van der Waals surface area contributed by atoms with Crippen LogP contribution < -0.4 is 9.64 Å². The van der Waals surface area contributed by atoms with E-state index in [1.807, 2.05) is 42.5 Å². The van der Waals surface area contributed by atoms with Crippen LogP contribution in [0.15, 0.2) is 42.5 Å². The van der Waals surface area contributed by atoms with Crippen LogP contribution in [0, 0.1) is 0 Å². The Hall–Kier alpha value is -2.19. The van der Waals surface area contributed by atoms with Crippen molar-refractivity contribution in [2.24, 2.45) is 0 Å². The van der Waals surface area contributed by atoms with Gasteiger partial charge in [0.15, 0.2) is 11.7 Å². The van der Waals surface area contributed by atoms with Gasteiger partial charge < -0.3 is 9.47 Å². The van der Waals surface area contributed by atoms with Crippen LogP contribution in [-0.2, 0) is 9.53 Å². The van der Waals surface area contributed by atoms with Crippen molar-refractivity contribution in [2.75, 3.05) is 50.9 Å². The Labute approximate surface area is 204 Å². The topological polar surface area (TPSA) is 54.9 Å².